The molecule has 0 aliphatic carbocycles. The molecule has 0 unspecified atom stereocenters. The molecule has 1 fully saturated rings. The smallest absolute Gasteiger partial charge is 0.324 e. The number of benzene rings is 1. The molecule has 0 bridgehead atoms. The lowest BCUT2D eigenvalue weighted by Crippen LogP contribution is -2.43. The minimum Gasteiger partial charge on any atom is -0.493 e. The number of nitriles is 2. The predicted molar refractivity (Wildman–Crippen MR) is 86.7 cm³/mol. The van der Waals surface area contributed by atoms with E-state index in [0.717, 1.165) is 11.1 Å². The van der Waals surface area contributed by atoms with Gasteiger partial charge in [-0.2, -0.15) is 10.5 Å². The van der Waals surface area contributed by atoms with E-state index in [-0.39, 0.29) is 6.04 Å². The first kappa shape index (κ1) is 17.1. The van der Waals surface area contributed by atoms with Gasteiger partial charge < -0.3 is 14.2 Å². The number of carbonyl (C=O) groups is 1. The Morgan fingerprint density at radius 2 is 1.76 bits per heavy atom. The standard InChI is InChI=1S/C18H19N3O4/c1-23-14-6-10-4-5-21-16(11(10)7-15(14)24-2)12(8-19)13(9-20)17(21)18(22)25-3/h6-7,12-13,16-17H,4-5H2,1-3H3/t12-,13+,16-,17+/m1/s1. The average molecular weight is 341 g/mol. The van der Waals surface area contributed by atoms with E-state index >= 15 is 0 Å². The molecule has 0 N–H and O–H groups in total. The zero-order valence-corrected chi connectivity index (χ0v) is 14.4. The molecule has 2 aliphatic heterocycles. The lowest BCUT2D eigenvalue weighted by Gasteiger charge is -2.35. The lowest BCUT2D eigenvalue weighted by molar-refractivity contribution is -0.147. The number of hydrogen-bond acceptors (Lipinski definition) is 7. The molecule has 0 saturated carbocycles. The Morgan fingerprint density at radius 3 is 2.32 bits per heavy atom. The fourth-order valence-corrected chi connectivity index (χ4v) is 4.01. The van der Waals surface area contributed by atoms with Crippen molar-refractivity contribution >= 4 is 5.97 Å². The van der Waals surface area contributed by atoms with Gasteiger partial charge in [0.15, 0.2) is 11.5 Å². The maximum atomic E-state index is 12.3. The lowest BCUT2D eigenvalue weighted by atomic mass is 9.83. The first-order valence-electron chi connectivity index (χ1n) is 7.98. The molecule has 7 nitrogen and oxygen atoms in total. The molecule has 25 heavy (non-hydrogen) atoms. The number of carbonyl (C=O) groups excluding carboxylic acids is 1. The first-order valence-corrected chi connectivity index (χ1v) is 7.98. The summed E-state index contributed by atoms with van der Waals surface area (Å²) in [5.41, 5.74) is 1.95. The summed E-state index contributed by atoms with van der Waals surface area (Å²) in [6.07, 6.45) is 0.690. The molecule has 0 aromatic heterocycles. The van der Waals surface area contributed by atoms with Crippen molar-refractivity contribution in [2.75, 3.05) is 27.9 Å². The summed E-state index contributed by atoms with van der Waals surface area (Å²) in [4.78, 5) is 14.2. The Balaban J connectivity index is 2.14. The monoisotopic (exact) mass is 341 g/mol. The van der Waals surface area contributed by atoms with Crippen LogP contribution >= 0.6 is 0 Å². The Kier molecular flexibility index (Phi) is 4.52. The third kappa shape index (κ3) is 2.48. The Labute approximate surface area is 146 Å². The normalized spacial score (nSPS) is 27.4. The van der Waals surface area contributed by atoms with Crippen LogP contribution in [0.3, 0.4) is 0 Å². The highest BCUT2D eigenvalue weighted by atomic mass is 16.5. The van der Waals surface area contributed by atoms with Crippen molar-refractivity contribution in [3.63, 3.8) is 0 Å². The molecule has 4 atom stereocenters. The minimum absolute atomic E-state index is 0.345. The maximum absolute atomic E-state index is 12.3. The van der Waals surface area contributed by atoms with Gasteiger partial charge >= 0.3 is 5.97 Å². The van der Waals surface area contributed by atoms with Gasteiger partial charge in [0.2, 0.25) is 0 Å². The van der Waals surface area contributed by atoms with Crippen LogP contribution in [-0.2, 0) is 16.0 Å². The van der Waals surface area contributed by atoms with E-state index in [4.69, 9.17) is 14.2 Å². The van der Waals surface area contributed by atoms with Gasteiger partial charge in [0.1, 0.15) is 6.04 Å². The number of fused-ring (bicyclic) bond motifs is 3. The van der Waals surface area contributed by atoms with Crippen molar-refractivity contribution < 1.29 is 19.0 Å². The summed E-state index contributed by atoms with van der Waals surface area (Å²) < 4.78 is 15.6. The Bertz CT molecular complexity index is 780. The molecule has 1 aromatic carbocycles. The van der Waals surface area contributed by atoms with Gasteiger partial charge in [-0.1, -0.05) is 0 Å². The molecule has 1 aromatic rings. The zero-order chi connectivity index (χ0) is 18.1. The summed E-state index contributed by atoms with van der Waals surface area (Å²) >= 11 is 0. The molecular formula is C18H19N3O4. The van der Waals surface area contributed by atoms with E-state index in [1.165, 1.54) is 7.11 Å². The van der Waals surface area contributed by atoms with Crippen LogP contribution in [-0.4, -0.2) is 44.8 Å². The summed E-state index contributed by atoms with van der Waals surface area (Å²) in [7, 11) is 4.43. The topological polar surface area (TPSA) is 95.6 Å². The average Bonchev–Trinajstić information content (AvgIpc) is 2.99. The number of rotatable bonds is 3. The van der Waals surface area contributed by atoms with Gasteiger partial charge in [-0.05, 0) is 29.7 Å². The second-order valence-electron chi connectivity index (χ2n) is 6.12. The van der Waals surface area contributed by atoms with Gasteiger partial charge in [0.05, 0.1) is 51.3 Å². The van der Waals surface area contributed by atoms with Crippen molar-refractivity contribution in [2.24, 2.45) is 11.8 Å². The third-order valence-corrected chi connectivity index (χ3v) is 5.13. The van der Waals surface area contributed by atoms with Crippen LogP contribution in [0.15, 0.2) is 12.1 Å². The quantitative estimate of drug-likeness (QED) is 0.768. The van der Waals surface area contributed by atoms with Gasteiger partial charge in [-0.15, -0.1) is 0 Å². The molecule has 0 amide bonds. The predicted octanol–water partition coefficient (Wildman–Crippen LogP) is 1.44. The highest BCUT2D eigenvalue weighted by molar-refractivity contribution is 5.78. The van der Waals surface area contributed by atoms with Crippen LogP contribution in [0.4, 0.5) is 0 Å². The maximum Gasteiger partial charge on any atom is 0.324 e. The van der Waals surface area contributed by atoms with E-state index in [9.17, 15) is 15.3 Å². The van der Waals surface area contributed by atoms with E-state index in [2.05, 4.69) is 12.1 Å². The largest absolute Gasteiger partial charge is 0.493 e. The van der Waals surface area contributed by atoms with Crippen LogP contribution in [0.2, 0.25) is 0 Å². The molecule has 2 heterocycles. The molecule has 2 aliphatic rings. The number of esters is 1. The molecular weight excluding hydrogens is 322 g/mol. The van der Waals surface area contributed by atoms with Crippen molar-refractivity contribution in [3.05, 3.63) is 23.3 Å². The highest BCUT2D eigenvalue weighted by Gasteiger charge is 2.55. The highest BCUT2D eigenvalue weighted by Crippen LogP contribution is 2.49. The molecule has 7 heteroatoms. The van der Waals surface area contributed by atoms with Crippen LogP contribution in [0.5, 0.6) is 11.5 Å². The van der Waals surface area contributed by atoms with Crippen LogP contribution < -0.4 is 9.47 Å². The molecule has 3 rings (SSSR count). The number of ether oxygens (including phenoxy) is 3. The SMILES string of the molecule is COC(=O)[C@@H]1[C@@H](C#N)[C@@H](C#N)[C@H]2c3cc(OC)c(OC)cc3CCN12. The number of hydrogen-bond donors (Lipinski definition) is 0. The summed E-state index contributed by atoms with van der Waals surface area (Å²) in [5, 5.41) is 19.3. The number of methoxy groups -OCH3 is 3. The van der Waals surface area contributed by atoms with Crippen molar-refractivity contribution in [1.82, 2.24) is 4.90 Å². The van der Waals surface area contributed by atoms with Gasteiger partial charge in [0, 0.05) is 6.54 Å². The Hall–Kier alpha value is -2.77. The van der Waals surface area contributed by atoms with Crippen LogP contribution in [0, 0.1) is 34.5 Å². The second-order valence-corrected chi connectivity index (χ2v) is 6.12. The summed E-state index contributed by atoms with van der Waals surface area (Å²) in [5.74, 6) is -0.636. The van der Waals surface area contributed by atoms with Crippen LogP contribution in [0.1, 0.15) is 17.2 Å². The third-order valence-electron chi connectivity index (χ3n) is 5.13. The van der Waals surface area contributed by atoms with Gasteiger partial charge in [0.25, 0.3) is 0 Å². The summed E-state index contributed by atoms with van der Waals surface area (Å²) in [6.45, 7) is 0.573. The van der Waals surface area contributed by atoms with E-state index in [1.54, 1.807) is 14.2 Å². The fraction of sp³-hybridized carbons (Fsp3) is 0.500. The first-order chi connectivity index (χ1) is 12.1. The summed E-state index contributed by atoms with van der Waals surface area (Å²) in [6, 6.07) is 7.07. The second kappa shape index (κ2) is 6.62. The molecule has 0 spiro atoms. The number of nitrogens with zero attached hydrogens (tertiary/aromatic N) is 3. The minimum atomic E-state index is -0.735. The molecule has 130 valence electrons. The van der Waals surface area contributed by atoms with E-state index in [1.807, 2.05) is 17.0 Å². The van der Waals surface area contributed by atoms with Crippen LogP contribution in [0.25, 0.3) is 0 Å². The van der Waals surface area contributed by atoms with E-state index in [0.29, 0.717) is 24.5 Å². The molecule has 1 saturated heterocycles. The van der Waals surface area contributed by atoms with Gasteiger partial charge in [-0.25, -0.2) is 0 Å². The van der Waals surface area contributed by atoms with Crippen molar-refractivity contribution in [2.45, 2.75) is 18.5 Å². The van der Waals surface area contributed by atoms with Gasteiger partial charge in [-0.3, -0.25) is 9.69 Å². The van der Waals surface area contributed by atoms with Crippen molar-refractivity contribution in [3.8, 4) is 23.6 Å². The Morgan fingerprint density at radius 1 is 1.12 bits per heavy atom. The van der Waals surface area contributed by atoms with E-state index < -0.39 is 23.8 Å². The van der Waals surface area contributed by atoms with Crippen molar-refractivity contribution in [1.29, 1.82) is 10.5 Å². The molecule has 0 radical (unpaired) electrons. The zero-order valence-electron chi connectivity index (χ0n) is 14.4. The fourth-order valence-electron chi connectivity index (χ4n) is 4.01.